The molecular formula is C51H57ClF10N6O4S2. The lowest BCUT2D eigenvalue weighted by atomic mass is 10.0. The van der Waals surface area contributed by atoms with Crippen LogP contribution in [-0.2, 0) is 47.5 Å². The minimum absolute atomic E-state index is 0. The van der Waals surface area contributed by atoms with Crippen LogP contribution in [0.2, 0.25) is 0 Å². The first kappa shape index (κ1) is 59.6. The van der Waals surface area contributed by atoms with Crippen LogP contribution < -0.4 is 16.4 Å². The molecule has 2 unspecified atom stereocenters. The van der Waals surface area contributed by atoms with E-state index in [2.05, 4.69) is 24.1 Å². The second-order valence-corrected chi connectivity index (χ2v) is 19.3. The van der Waals surface area contributed by atoms with Gasteiger partial charge in [-0.2, -0.15) is 26.3 Å². The van der Waals surface area contributed by atoms with Crippen molar-refractivity contribution in [2.24, 2.45) is 0 Å². The van der Waals surface area contributed by atoms with E-state index >= 15 is 0 Å². The molecule has 10 nitrogen and oxygen atoms in total. The fraction of sp³-hybridized carbons (Fsp3) is 0.451. The smallest absolute Gasteiger partial charge is 0.338 e. The van der Waals surface area contributed by atoms with Crippen LogP contribution in [0.3, 0.4) is 0 Å². The van der Waals surface area contributed by atoms with Crippen molar-refractivity contribution >= 4 is 66.3 Å². The van der Waals surface area contributed by atoms with Gasteiger partial charge in [-0.3, -0.25) is 24.1 Å². The van der Waals surface area contributed by atoms with Crippen molar-refractivity contribution < 1.29 is 53.5 Å². The Kier molecular flexibility index (Phi) is 20.5. The summed E-state index contributed by atoms with van der Waals surface area (Å²) in [5.74, 6) is -3.65. The number of fused-ring (bicyclic) bond motifs is 2. The van der Waals surface area contributed by atoms with Crippen molar-refractivity contribution in [3.63, 3.8) is 0 Å². The van der Waals surface area contributed by atoms with E-state index in [1.807, 2.05) is 13.8 Å². The Hall–Kier alpha value is -5.29. The quantitative estimate of drug-likeness (QED) is 0.0914. The number of hydrogen-bond acceptors (Lipinski definition) is 8. The lowest BCUT2D eigenvalue weighted by Crippen LogP contribution is -2.35. The number of thiophene rings is 2. The highest BCUT2D eigenvalue weighted by molar-refractivity contribution is 7.18. The minimum Gasteiger partial charge on any atom is -0.338 e. The zero-order valence-corrected chi connectivity index (χ0v) is 42.6. The number of aromatic nitrogens is 2. The summed E-state index contributed by atoms with van der Waals surface area (Å²) < 4.78 is 138. The molecule has 1 N–H and O–H groups in total. The summed E-state index contributed by atoms with van der Waals surface area (Å²) in [6.07, 6.45) is -8.49. The molecule has 2 saturated heterocycles. The Morgan fingerprint density at radius 3 is 1.43 bits per heavy atom. The van der Waals surface area contributed by atoms with Gasteiger partial charge >= 0.3 is 12.4 Å². The number of benzene rings is 2. The average Bonchev–Trinajstić information content (AvgIpc) is 4.18. The molecule has 8 rings (SSSR count). The highest BCUT2D eigenvalue weighted by atomic mass is 35.5. The van der Waals surface area contributed by atoms with Crippen molar-refractivity contribution in [1.82, 2.24) is 29.2 Å². The third kappa shape index (κ3) is 13.8. The monoisotopic (exact) mass is 1110 g/mol. The number of rotatable bonds is 13. The van der Waals surface area contributed by atoms with Crippen LogP contribution >= 0.6 is 34.3 Å². The van der Waals surface area contributed by atoms with Gasteiger partial charge in [0, 0.05) is 74.4 Å². The van der Waals surface area contributed by atoms with Gasteiger partial charge < -0.3 is 24.3 Å². The topological polar surface area (TPSA) is 99.9 Å². The molecule has 2 fully saturated rings. The Morgan fingerprint density at radius 2 is 1.09 bits per heavy atom. The Balaban J connectivity index is 0.000000249. The molecule has 74 heavy (non-hydrogen) atoms. The van der Waals surface area contributed by atoms with Crippen molar-refractivity contribution in [2.45, 2.75) is 98.2 Å². The number of halogens is 11. The van der Waals surface area contributed by atoms with Crippen molar-refractivity contribution in [3.8, 4) is 22.3 Å². The molecule has 2 aliphatic rings. The van der Waals surface area contributed by atoms with E-state index in [0.717, 1.165) is 53.7 Å². The lowest BCUT2D eigenvalue weighted by molar-refractivity contribution is -0.140. The van der Waals surface area contributed by atoms with Gasteiger partial charge in [0.25, 0.3) is 11.1 Å². The fourth-order valence-corrected chi connectivity index (χ4v) is 11.0. The molecule has 2 aromatic carbocycles. The summed E-state index contributed by atoms with van der Waals surface area (Å²) >= 11 is 8.37. The lowest BCUT2D eigenvalue weighted by Gasteiger charge is -2.20. The van der Waals surface area contributed by atoms with Gasteiger partial charge in [-0.25, -0.2) is 17.6 Å². The normalized spacial score (nSPS) is 15.8. The number of nitrogens with one attached hydrogen (secondary N) is 1. The predicted molar refractivity (Wildman–Crippen MR) is 272 cm³/mol. The molecule has 0 bridgehead atoms. The molecule has 0 radical (unpaired) electrons. The second-order valence-electron chi connectivity index (χ2n) is 17.3. The number of nitrogens with zero attached hydrogens (tertiary/aromatic N) is 5. The van der Waals surface area contributed by atoms with Crippen LogP contribution in [0.15, 0.2) is 69.1 Å². The minimum atomic E-state index is -4.90. The van der Waals surface area contributed by atoms with Crippen LogP contribution in [0.25, 0.3) is 42.4 Å². The highest BCUT2D eigenvalue weighted by Crippen LogP contribution is 2.40. The number of carbonyl (C=O) groups excluding carboxylic acids is 2. The summed E-state index contributed by atoms with van der Waals surface area (Å²) in [6, 6.07) is 5.18. The first-order chi connectivity index (χ1) is 34.5. The molecular weight excluding hydrogens is 1050 g/mol. The summed E-state index contributed by atoms with van der Waals surface area (Å²) in [5.41, 5.74) is -2.18. The first-order valence-corrected chi connectivity index (χ1v) is 25.7. The maximum absolute atomic E-state index is 13.9. The molecule has 4 aromatic heterocycles. The van der Waals surface area contributed by atoms with E-state index in [1.54, 1.807) is 11.6 Å². The van der Waals surface area contributed by atoms with Crippen molar-refractivity contribution in [3.05, 3.63) is 114 Å². The molecule has 0 aliphatic carbocycles. The zero-order valence-electron chi connectivity index (χ0n) is 40.2. The van der Waals surface area contributed by atoms with Crippen LogP contribution in [0.4, 0.5) is 43.9 Å². The Bertz CT molecular complexity index is 3040. The molecule has 404 valence electrons. The summed E-state index contributed by atoms with van der Waals surface area (Å²) in [7, 11) is 0. The number of amides is 2. The average molecular weight is 1110 g/mol. The maximum Gasteiger partial charge on any atom is 0.419 e. The third-order valence-corrected chi connectivity index (χ3v) is 14.8. The van der Waals surface area contributed by atoms with E-state index in [0.29, 0.717) is 39.7 Å². The standard InChI is InChI=1S/C25H26F5N3O2S.C21H16ClF5N2O2S.C4H11N.CH4/c1-3-31(4-2)10-16-11-33(13-21(34)32-8-7-17(26)12-32)24(35)22-18(14-36-23(16)22)15-5-6-20(27)19(9-15)25(28,29)30;22-6-12-7-29(9-17(30)28-4-3-13(23)8-28)20(31)18-14(10-32-19(12)18)11-1-2-16(24)15(5-11)21(25,26)27;1-3-5-4-2;/h5-6,9,11,14,17H,3-4,7-8,10,12-13H2,1-2H3;1-2,5,7,10,13H,3-4,6,8-9H2;5H,3-4H2,1-2H3;1H4. The van der Waals surface area contributed by atoms with Crippen LogP contribution in [-0.4, -0.2) is 100 Å². The van der Waals surface area contributed by atoms with Crippen LogP contribution in [0.1, 0.15) is 70.2 Å². The fourth-order valence-electron chi connectivity index (χ4n) is 8.52. The van der Waals surface area contributed by atoms with Gasteiger partial charge in [0.15, 0.2) is 0 Å². The maximum atomic E-state index is 13.9. The van der Waals surface area contributed by atoms with Gasteiger partial charge in [-0.15, -0.1) is 34.3 Å². The molecule has 2 amide bonds. The van der Waals surface area contributed by atoms with Gasteiger partial charge in [0.2, 0.25) is 11.8 Å². The number of alkyl halides is 9. The molecule has 23 heteroatoms. The third-order valence-electron chi connectivity index (χ3n) is 12.4. The Labute approximate surface area is 434 Å². The SMILES string of the molecule is C.CCN(CC)Cc1cn(CC(=O)N2CCC(F)C2)c(=O)c2c(-c3ccc(F)c(C(F)(F)F)c3)csc12.CCNCC.O=C(Cn1cc(CCl)c2scc(-c3ccc(F)c(C(F)(F)F)c3)c2c1=O)N1CCC(F)C1. The van der Waals surface area contributed by atoms with Crippen molar-refractivity contribution in [1.29, 1.82) is 0 Å². The second kappa shape index (κ2) is 25.5. The highest BCUT2D eigenvalue weighted by Gasteiger charge is 2.36. The molecule has 2 aliphatic heterocycles. The molecule has 2 atom stereocenters. The van der Waals surface area contributed by atoms with E-state index < -0.39 is 70.4 Å². The molecule has 6 heterocycles. The summed E-state index contributed by atoms with van der Waals surface area (Å²) in [4.78, 5) is 56.9. The predicted octanol–water partition coefficient (Wildman–Crippen LogP) is 11.7. The van der Waals surface area contributed by atoms with E-state index in [1.165, 1.54) is 49.4 Å². The number of hydrogen-bond donors (Lipinski definition) is 1. The van der Waals surface area contributed by atoms with Gasteiger partial charge in [0.1, 0.15) is 37.1 Å². The first-order valence-electron chi connectivity index (χ1n) is 23.4. The summed E-state index contributed by atoms with van der Waals surface area (Å²) in [6.45, 7) is 12.1. The molecule has 6 aromatic rings. The van der Waals surface area contributed by atoms with Gasteiger partial charge in [0.05, 0.1) is 40.9 Å². The van der Waals surface area contributed by atoms with E-state index in [4.69, 9.17) is 11.6 Å². The van der Waals surface area contributed by atoms with Crippen LogP contribution in [0.5, 0.6) is 0 Å². The summed E-state index contributed by atoms with van der Waals surface area (Å²) in [5, 5.41) is 6.49. The van der Waals surface area contributed by atoms with Crippen molar-refractivity contribution in [2.75, 3.05) is 52.4 Å². The number of carbonyl (C=O) groups is 2. The van der Waals surface area contributed by atoms with Crippen LogP contribution in [0, 0.1) is 11.6 Å². The van der Waals surface area contributed by atoms with Gasteiger partial charge in [-0.05, 0) is 74.4 Å². The Morgan fingerprint density at radius 1 is 0.689 bits per heavy atom. The molecule has 0 spiro atoms. The van der Waals surface area contributed by atoms with Gasteiger partial charge in [-0.1, -0.05) is 47.3 Å². The number of pyridine rings is 2. The zero-order chi connectivity index (χ0) is 53.5. The largest absolute Gasteiger partial charge is 0.419 e. The van der Waals surface area contributed by atoms with E-state index in [9.17, 15) is 63.1 Å². The number of likely N-dealkylation sites (tertiary alicyclic amines) is 2. The molecule has 0 saturated carbocycles. The van der Waals surface area contributed by atoms with E-state index in [-0.39, 0.29) is 98.4 Å².